The highest BCUT2D eigenvalue weighted by molar-refractivity contribution is 7.97. The Bertz CT molecular complexity index is 1240. The fraction of sp³-hybridized carbons (Fsp3) is 0.348. The summed E-state index contributed by atoms with van der Waals surface area (Å²) in [6, 6.07) is 8.64. The molecular weight excluding hydrogens is 424 g/mol. The summed E-state index contributed by atoms with van der Waals surface area (Å²) in [6.07, 6.45) is 1.76. The molecule has 1 saturated heterocycles. The van der Waals surface area contributed by atoms with Gasteiger partial charge < -0.3 is 19.9 Å². The number of nitrogens with zero attached hydrogens (tertiary/aromatic N) is 4. The summed E-state index contributed by atoms with van der Waals surface area (Å²) in [5.41, 5.74) is 6.84. The number of hydrogen-bond donors (Lipinski definition) is 2. The second kappa shape index (κ2) is 7.61. The van der Waals surface area contributed by atoms with E-state index in [0.717, 1.165) is 60.2 Å². The van der Waals surface area contributed by atoms with Crippen molar-refractivity contribution < 1.29 is 9.53 Å². The van der Waals surface area contributed by atoms with Gasteiger partial charge >= 0.3 is 0 Å². The quantitative estimate of drug-likeness (QED) is 0.594. The van der Waals surface area contributed by atoms with E-state index in [0.29, 0.717) is 18.5 Å². The second-order valence-electron chi connectivity index (χ2n) is 8.31. The first-order valence-corrected chi connectivity index (χ1v) is 11.6. The van der Waals surface area contributed by atoms with Gasteiger partial charge in [0, 0.05) is 47.7 Å². The molecule has 1 fully saturated rings. The number of nitrogens with one attached hydrogen (secondary N) is 2. The van der Waals surface area contributed by atoms with Crippen LogP contribution in [0.15, 0.2) is 35.4 Å². The number of fused-ring (bicyclic) bond motifs is 4. The SMILES string of the molecule is Cc1c(-c2ccnc(Nc3ccc4c(c3)SN3CCOCC43)n2)c(C)n2c1C(=O)NCC2. The Morgan fingerprint density at radius 1 is 1.25 bits per heavy atom. The zero-order valence-corrected chi connectivity index (χ0v) is 18.8. The molecule has 1 atom stereocenters. The van der Waals surface area contributed by atoms with E-state index < -0.39 is 0 Å². The molecule has 2 aromatic heterocycles. The van der Waals surface area contributed by atoms with E-state index in [4.69, 9.17) is 9.72 Å². The Hall–Kier alpha value is -2.88. The molecule has 0 aliphatic carbocycles. The van der Waals surface area contributed by atoms with Crippen LogP contribution in [0.5, 0.6) is 0 Å². The summed E-state index contributed by atoms with van der Waals surface area (Å²) in [6.45, 7) is 7.94. The number of hydrogen-bond acceptors (Lipinski definition) is 7. The summed E-state index contributed by atoms with van der Waals surface area (Å²) >= 11 is 1.80. The van der Waals surface area contributed by atoms with Gasteiger partial charge in [-0.15, -0.1) is 0 Å². The minimum Gasteiger partial charge on any atom is -0.378 e. The van der Waals surface area contributed by atoms with Gasteiger partial charge in [-0.3, -0.25) is 4.79 Å². The third-order valence-electron chi connectivity index (χ3n) is 6.44. The highest BCUT2D eigenvalue weighted by atomic mass is 32.2. The number of amides is 1. The van der Waals surface area contributed by atoms with Crippen LogP contribution in [0.3, 0.4) is 0 Å². The van der Waals surface area contributed by atoms with Crippen molar-refractivity contribution in [3.05, 3.63) is 53.0 Å². The summed E-state index contributed by atoms with van der Waals surface area (Å²) in [5, 5.41) is 6.30. The summed E-state index contributed by atoms with van der Waals surface area (Å²) in [7, 11) is 0. The molecule has 5 heterocycles. The number of morpholine rings is 1. The Labute approximate surface area is 190 Å². The highest BCUT2D eigenvalue weighted by Crippen LogP contribution is 2.46. The largest absolute Gasteiger partial charge is 0.378 e. The average Bonchev–Trinajstić information content (AvgIpc) is 3.29. The Morgan fingerprint density at radius 2 is 2.16 bits per heavy atom. The first-order chi connectivity index (χ1) is 15.6. The third-order valence-corrected chi connectivity index (χ3v) is 7.66. The maximum absolute atomic E-state index is 12.4. The lowest BCUT2D eigenvalue weighted by Gasteiger charge is -2.28. The molecule has 0 radical (unpaired) electrons. The van der Waals surface area contributed by atoms with Crippen LogP contribution in [-0.4, -0.2) is 51.1 Å². The Morgan fingerprint density at radius 3 is 3.03 bits per heavy atom. The van der Waals surface area contributed by atoms with E-state index in [-0.39, 0.29) is 5.91 Å². The fourth-order valence-electron chi connectivity index (χ4n) is 4.93. The van der Waals surface area contributed by atoms with Crippen LogP contribution in [-0.2, 0) is 11.3 Å². The van der Waals surface area contributed by atoms with Crippen molar-refractivity contribution in [2.75, 3.05) is 31.6 Å². The smallest absolute Gasteiger partial charge is 0.268 e. The maximum atomic E-state index is 12.4. The van der Waals surface area contributed by atoms with Gasteiger partial charge in [0.25, 0.3) is 5.91 Å². The number of carbonyl (C=O) groups is 1. The van der Waals surface area contributed by atoms with Crippen LogP contribution in [0.2, 0.25) is 0 Å². The molecule has 3 aliphatic heterocycles. The van der Waals surface area contributed by atoms with Crippen LogP contribution in [0, 0.1) is 13.8 Å². The highest BCUT2D eigenvalue weighted by Gasteiger charge is 2.34. The van der Waals surface area contributed by atoms with Crippen molar-refractivity contribution >= 4 is 29.5 Å². The Kier molecular flexibility index (Phi) is 4.71. The van der Waals surface area contributed by atoms with Crippen LogP contribution in [0.1, 0.15) is 33.4 Å². The molecule has 2 N–H and O–H groups in total. The van der Waals surface area contributed by atoms with Crippen molar-refractivity contribution in [2.45, 2.75) is 31.3 Å². The zero-order valence-electron chi connectivity index (χ0n) is 18.0. The molecule has 3 aromatic rings. The van der Waals surface area contributed by atoms with Crippen molar-refractivity contribution in [1.29, 1.82) is 0 Å². The second-order valence-corrected chi connectivity index (χ2v) is 9.40. The van der Waals surface area contributed by atoms with Gasteiger partial charge in [0.1, 0.15) is 5.69 Å². The maximum Gasteiger partial charge on any atom is 0.268 e. The number of rotatable bonds is 3. The molecule has 1 amide bonds. The van der Waals surface area contributed by atoms with E-state index in [1.807, 2.05) is 13.0 Å². The van der Waals surface area contributed by atoms with E-state index >= 15 is 0 Å². The van der Waals surface area contributed by atoms with Gasteiger partial charge in [0.15, 0.2) is 0 Å². The van der Waals surface area contributed by atoms with Gasteiger partial charge in [-0.25, -0.2) is 14.3 Å². The number of anilines is 2. The topological polar surface area (TPSA) is 84.3 Å². The minimum absolute atomic E-state index is 0.0205. The molecular formula is C23H24N6O2S. The van der Waals surface area contributed by atoms with Crippen molar-refractivity contribution in [3.63, 3.8) is 0 Å². The summed E-state index contributed by atoms with van der Waals surface area (Å²) < 4.78 is 10.1. The molecule has 0 saturated carbocycles. The molecule has 164 valence electrons. The monoisotopic (exact) mass is 448 g/mol. The standard InChI is InChI=1S/C23H24N6O2S/c1-13-20(14(2)28-8-7-24-22(30)21(13)28)17-5-6-25-23(27-17)26-15-3-4-16-18-12-31-10-9-29(18)32-19(16)11-15/h3-6,11,18H,7-10,12H2,1-2H3,(H,24,30)(H,25,26,27). The van der Waals surface area contributed by atoms with E-state index in [2.05, 4.69) is 49.6 Å². The van der Waals surface area contributed by atoms with Crippen LogP contribution < -0.4 is 10.6 Å². The zero-order chi connectivity index (χ0) is 21.8. The molecule has 1 aromatic carbocycles. The van der Waals surface area contributed by atoms with Crippen molar-refractivity contribution in [3.8, 4) is 11.3 Å². The number of aromatic nitrogens is 3. The lowest BCUT2D eigenvalue weighted by molar-refractivity contribution is 0.0395. The summed E-state index contributed by atoms with van der Waals surface area (Å²) in [4.78, 5) is 22.9. The van der Waals surface area contributed by atoms with Crippen molar-refractivity contribution in [2.24, 2.45) is 0 Å². The van der Waals surface area contributed by atoms with Gasteiger partial charge in [-0.1, -0.05) is 6.07 Å². The number of carbonyl (C=O) groups excluding carboxylic acids is 1. The lowest BCUT2D eigenvalue weighted by atomic mass is 10.1. The van der Waals surface area contributed by atoms with E-state index in [1.54, 1.807) is 18.1 Å². The predicted molar refractivity (Wildman–Crippen MR) is 123 cm³/mol. The molecule has 1 unspecified atom stereocenters. The molecule has 9 heteroatoms. The fourth-order valence-corrected chi connectivity index (χ4v) is 6.14. The normalized spacial score (nSPS) is 19.8. The summed E-state index contributed by atoms with van der Waals surface area (Å²) in [5.74, 6) is 0.520. The predicted octanol–water partition coefficient (Wildman–Crippen LogP) is 3.44. The van der Waals surface area contributed by atoms with E-state index in [1.165, 1.54) is 10.5 Å². The first-order valence-electron chi connectivity index (χ1n) is 10.8. The van der Waals surface area contributed by atoms with Crippen molar-refractivity contribution in [1.82, 2.24) is 24.2 Å². The minimum atomic E-state index is -0.0205. The number of benzene rings is 1. The molecule has 0 spiro atoms. The van der Waals surface area contributed by atoms with Crippen LogP contribution >= 0.6 is 11.9 Å². The van der Waals surface area contributed by atoms with Gasteiger partial charge in [0.2, 0.25) is 5.95 Å². The van der Waals surface area contributed by atoms with E-state index in [9.17, 15) is 4.79 Å². The third kappa shape index (κ3) is 3.11. The molecule has 6 rings (SSSR count). The first kappa shape index (κ1) is 19.8. The molecule has 3 aliphatic rings. The number of ether oxygens (including phenoxy) is 1. The van der Waals surface area contributed by atoms with Gasteiger partial charge in [-0.2, -0.15) is 0 Å². The van der Waals surface area contributed by atoms with Gasteiger partial charge in [-0.05, 0) is 55.1 Å². The molecule has 32 heavy (non-hydrogen) atoms. The Balaban J connectivity index is 1.30. The van der Waals surface area contributed by atoms with Gasteiger partial charge in [0.05, 0.1) is 24.9 Å². The molecule has 0 bridgehead atoms. The lowest BCUT2D eigenvalue weighted by Crippen LogP contribution is -2.35. The molecule has 8 nitrogen and oxygen atoms in total. The van der Waals surface area contributed by atoms with Crippen LogP contribution in [0.4, 0.5) is 11.6 Å². The average molecular weight is 449 g/mol. The van der Waals surface area contributed by atoms with Crippen LogP contribution in [0.25, 0.3) is 11.3 Å².